The average Bonchev–Trinajstić information content (AvgIpc) is 2.57. The van der Waals surface area contributed by atoms with Gasteiger partial charge in [0, 0.05) is 25.7 Å². The van der Waals surface area contributed by atoms with Crippen molar-refractivity contribution in [2.75, 3.05) is 19.8 Å². The van der Waals surface area contributed by atoms with Crippen LogP contribution in [0.5, 0.6) is 0 Å². The molecule has 1 saturated heterocycles. The first kappa shape index (κ1) is 21.4. The fourth-order valence-electron chi connectivity index (χ4n) is 3.00. The Labute approximate surface area is 138 Å². The van der Waals surface area contributed by atoms with Gasteiger partial charge in [-0.15, -0.1) is 0 Å². The Hall–Kier alpha value is -0.570. The summed E-state index contributed by atoms with van der Waals surface area (Å²) in [4.78, 5) is 12.1. The minimum absolute atomic E-state index is 0.262. The van der Waals surface area contributed by atoms with E-state index in [4.69, 9.17) is 4.74 Å². The van der Waals surface area contributed by atoms with E-state index in [1.807, 2.05) is 27.7 Å². The summed E-state index contributed by atoms with van der Waals surface area (Å²) in [6.45, 7) is 15.2. The minimum Gasteiger partial charge on any atom is -0.381 e. The van der Waals surface area contributed by atoms with E-state index in [0.29, 0.717) is 11.3 Å². The fourth-order valence-corrected chi connectivity index (χ4v) is 3.00. The molecule has 1 heterocycles. The van der Waals surface area contributed by atoms with Crippen LogP contribution < -0.4 is 5.32 Å². The predicted molar refractivity (Wildman–Crippen MR) is 95.0 cm³/mol. The molecular weight excluding hydrogens is 274 g/mol. The van der Waals surface area contributed by atoms with Crippen molar-refractivity contribution in [1.82, 2.24) is 5.32 Å². The maximum absolute atomic E-state index is 12.1. The second-order valence-electron chi connectivity index (χ2n) is 6.74. The first-order valence-electron chi connectivity index (χ1n) is 9.42. The molecule has 2 rings (SSSR count). The number of ether oxygens (including phenoxy) is 1. The summed E-state index contributed by atoms with van der Waals surface area (Å²) in [6.07, 6.45) is 6.68. The van der Waals surface area contributed by atoms with Gasteiger partial charge in [-0.1, -0.05) is 41.5 Å². The first-order valence-corrected chi connectivity index (χ1v) is 9.42. The molecule has 0 radical (unpaired) electrons. The highest BCUT2D eigenvalue weighted by atomic mass is 16.5. The molecule has 0 aromatic heterocycles. The summed E-state index contributed by atoms with van der Waals surface area (Å²) in [5.41, 5.74) is 0.442. The molecule has 2 fully saturated rings. The zero-order valence-corrected chi connectivity index (χ0v) is 15.8. The topological polar surface area (TPSA) is 38.3 Å². The average molecular weight is 314 g/mol. The summed E-state index contributed by atoms with van der Waals surface area (Å²) < 4.78 is 5.33. The highest BCUT2D eigenvalue weighted by molar-refractivity contribution is 5.78. The third-order valence-electron chi connectivity index (χ3n) is 4.62. The number of carbonyl (C=O) groups is 1. The third-order valence-corrected chi connectivity index (χ3v) is 4.62. The molecule has 0 aromatic rings. The molecular formula is C19H39NO2. The SMILES string of the molecule is CC.CC.CC1(C)CCC(C(=O)NCC2CCOCC2)CC1. The molecule has 132 valence electrons. The normalized spacial score (nSPS) is 21.7. The van der Waals surface area contributed by atoms with Crippen LogP contribution in [-0.2, 0) is 9.53 Å². The van der Waals surface area contributed by atoms with Crippen molar-refractivity contribution in [3.8, 4) is 0 Å². The van der Waals surface area contributed by atoms with Gasteiger partial charge in [-0.2, -0.15) is 0 Å². The Morgan fingerprint density at radius 1 is 1.00 bits per heavy atom. The zero-order chi connectivity index (χ0) is 17.0. The standard InChI is InChI=1S/C15H27NO2.2C2H6/c1-15(2)7-3-13(4-8-15)14(17)16-11-12-5-9-18-10-6-12;2*1-2/h12-13H,3-11H2,1-2H3,(H,16,17);2*1-2H3. The van der Waals surface area contributed by atoms with Gasteiger partial charge in [-0.25, -0.2) is 0 Å². The van der Waals surface area contributed by atoms with Crippen LogP contribution in [0.4, 0.5) is 0 Å². The number of rotatable bonds is 3. The molecule has 1 aliphatic heterocycles. The fraction of sp³-hybridized carbons (Fsp3) is 0.947. The maximum atomic E-state index is 12.1. The second-order valence-corrected chi connectivity index (χ2v) is 6.74. The highest BCUT2D eigenvalue weighted by Gasteiger charge is 2.30. The lowest BCUT2D eigenvalue weighted by molar-refractivity contribution is -0.126. The van der Waals surface area contributed by atoms with Crippen LogP contribution in [0.3, 0.4) is 0 Å². The second kappa shape index (κ2) is 11.9. The molecule has 3 heteroatoms. The lowest BCUT2D eigenvalue weighted by atomic mass is 9.73. The molecule has 0 unspecified atom stereocenters. The van der Waals surface area contributed by atoms with Gasteiger partial charge in [0.25, 0.3) is 0 Å². The van der Waals surface area contributed by atoms with Crippen LogP contribution >= 0.6 is 0 Å². The Morgan fingerprint density at radius 2 is 1.50 bits per heavy atom. The lowest BCUT2D eigenvalue weighted by Gasteiger charge is -2.34. The van der Waals surface area contributed by atoms with Gasteiger partial charge >= 0.3 is 0 Å². The third kappa shape index (κ3) is 8.17. The van der Waals surface area contributed by atoms with Crippen molar-refractivity contribution in [2.24, 2.45) is 17.3 Å². The smallest absolute Gasteiger partial charge is 0.223 e. The summed E-state index contributed by atoms with van der Waals surface area (Å²) in [6, 6.07) is 0. The van der Waals surface area contributed by atoms with Crippen molar-refractivity contribution in [1.29, 1.82) is 0 Å². The maximum Gasteiger partial charge on any atom is 0.223 e. The Morgan fingerprint density at radius 3 is 2.00 bits per heavy atom. The molecule has 0 bridgehead atoms. The van der Waals surface area contributed by atoms with E-state index in [9.17, 15) is 4.79 Å². The first-order chi connectivity index (χ1) is 10.6. The van der Waals surface area contributed by atoms with Gasteiger partial charge in [0.2, 0.25) is 5.91 Å². The molecule has 1 saturated carbocycles. The number of hydrogen-bond donors (Lipinski definition) is 1. The summed E-state index contributed by atoms with van der Waals surface area (Å²) in [5, 5.41) is 3.15. The van der Waals surface area contributed by atoms with Crippen LogP contribution in [0.1, 0.15) is 80.1 Å². The van der Waals surface area contributed by atoms with Crippen LogP contribution in [0.2, 0.25) is 0 Å². The molecule has 0 atom stereocenters. The Balaban J connectivity index is 0.00000102. The van der Waals surface area contributed by atoms with Gasteiger partial charge in [-0.05, 0) is 49.9 Å². The number of carbonyl (C=O) groups excluding carboxylic acids is 1. The molecule has 0 spiro atoms. The van der Waals surface area contributed by atoms with Gasteiger partial charge < -0.3 is 10.1 Å². The largest absolute Gasteiger partial charge is 0.381 e. The molecule has 1 N–H and O–H groups in total. The van der Waals surface area contributed by atoms with E-state index >= 15 is 0 Å². The van der Waals surface area contributed by atoms with Crippen LogP contribution in [-0.4, -0.2) is 25.7 Å². The Bertz CT molecular complexity index is 273. The van der Waals surface area contributed by atoms with Crippen molar-refractivity contribution in [2.45, 2.75) is 80.1 Å². The van der Waals surface area contributed by atoms with E-state index in [0.717, 1.165) is 45.4 Å². The Kier molecular flexibility index (Phi) is 11.6. The summed E-state index contributed by atoms with van der Waals surface area (Å²) in [5.74, 6) is 1.18. The van der Waals surface area contributed by atoms with E-state index < -0.39 is 0 Å². The van der Waals surface area contributed by atoms with E-state index in [2.05, 4.69) is 19.2 Å². The molecule has 22 heavy (non-hydrogen) atoms. The van der Waals surface area contributed by atoms with Crippen molar-refractivity contribution in [3.05, 3.63) is 0 Å². The zero-order valence-electron chi connectivity index (χ0n) is 15.8. The number of amides is 1. The van der Waals surface area contributed by atoms with E-state index in [-0.39, 0.29) is 11.8 Å². The molecule has 1 aliphatic carbocycles. The highest BCUT2D eigenvalue weighted by Crippen LogP contribution is 2.37. The number of hydrogen-bond acceptors (Lipinski definition) is 2. The monoisotopic (exact) mass is 313 g/mol. The lowest BCUT2D eigenvalue weighted by Crippen LogP contribution is -2.38. The van der Waals surface area contributed by atoms with Gasteiger partial charge in [0.15, 0.2) is 0 Å². The van der Waals surface area contributed by atoms with Crippen LogP contribution in [0.15, 0.2) is 0 Å². The quantitative estimate of drug-likeness (QED) is 0.813. The molecule has 2 aliphatic rings. The van der Waals surface area contributed by atoms with Crippen molar-refractivity contribution in [3.63, 3.8) is 0 Å². The van der Waals surface area contributed by atoms with Gasteiger partial charge in [-0.3, -0.25) is 4.79 Å². The van der Waals surface area contributed by atoms with Crippen molar-refractivity contribution < 1.29 is 9.53 Å². The van der Waals surface area contributed by atoms with E-state index in [1.54, 1.807) is 0 Å². The predicted octanol–water partition coefficient (Wildman–Crippen LogP) is 4.80. The summed E-state index contributed by atoms with van der Waals surface area (Å²) >= 11 is 0. The minimum atomic E-state index is 0.262. The molecule has 3 nitrogen and oxygen atoms in total. The van der Waals surface area contributed by atoms with Gasteiger partial charge in [0.05, 0.1) is 0 Å². The van der Waals surface area contributed by atoms with Crippen LogP contribution in [0.25, 0.3) is 0 Å². The van der Waals surface area contributed by atoms with Crippen molar-refractivity contribution >= 4 is 5.91 Å². The van der Waals surface area contributed by atoms with Crippen LogP contribution in [0, 0.1) is 17.3 Å². The number of nitrogens with one attached hydrogen (secondary N) is 1. The molecule has 1 amide bonds. The molecule has 0 aromatic carbocycles. The van der Waals surface area contributed by atoms with E-state index in [1.165, 1.54) is 12.8 Å². The summed E-state index contributed by atoms with van der Waals surface area (Å²) in [7, 11) is 0. The van der Waals surface area contributed by atoms with Gasteiger partial charge in [0.1, 0.15) is 0 Å².